The summed E-state index contributed by atoms with van der Waals surface area (Å²) in [6, 6.07) is 0. The van der Waals surface area contributed by atoms with E-state index in [-0.39, 0.29) is 25.5 Å². The molecule has 0 saturated heterocycles. The van der Waals surface area contributed by atoms with E-state index in [4.69, 9.17) is 0 Å². The molecule has 9 heteroatoms. The molecule has 0 atom stereocenters. The first-order valence-corrected chi connectivity index (χ1v) is 5.72. The van der Waals surface area contributed by atoms with Gasteiger partial charge in [0, 0.05) is 0 Å². The van der Waals surface area contributed by atoms with Gasteiger partial charge in [0.25, 0.3) is 10.1 Å². The zero-order valence-corrected chi connectivity index (χ0v) is 7.61. The third kappa shape index (κ3) is 8.51. The van der Waals surface area contributed by atoms with Crippen LogP contribution in [0, 0.1) is 0 Å². The molecule has 0 N–H and O–H groups in total. The molecule has 0 heterocycles. The molecule has 0 saturated carbocycles. The SMILES string of the molecule is CCOS(=O)(=O)OS(C)(=O)=O.[LiH]. The first-order chi connectivity index (χ1) is 4.77. The van der Waals surface area contributed by atoms with Gasteiger partial charge in [-0.25, -0.2) is 4.18 Å². The van der Waals surface area contributed by atoms with Crippen molar-refractivity contribution in [2.75, 3.05) is 12.9 Å². The molecular weight excluding hydrogens is 203 g/mol. The Hall–Kier alpha value is 0.417. The maximum atomic E-state index is 10.4. The van der Waals surface area contributed by atoms with Gasteiger partial charge in [-0.1, -0.05) is 0 Å². The van der Waals surface area contributed by atoms with Crippen LogP contribution in [-0.4, -0.2) is 48.6 Å². The molecule has 0 unspecified atom stereocenters. The molecule has 70 valence electrons. The summed E-state index contributed by atoms with van der Waals surface area (Å²) in [5, 5.41) is 0. The van der Waals surface area contributed by atoms with Crippen molar-refractivity contribution >= 4 is 39.4 Å². The Morgan fingerprint density at radius 3 is 1.83 bits per heavy atom. The summed E-state index contributed by atoms with van der Waals surface area (Å²) in [6.07, 6.45) is 0.615. The van der Waals surface area contributed by atoms with Crippen molar-refractivity contribution in [2.24, 2.45) is 0 Å². The third-order valence-electron chi connectivity index (χ3n) is 0.469. The van der Waals surface area contributed by atoms with Gasteiger partial charge in [-0.2, -0.15) is 16.8 Å². The standard InChI is InChI=1S/C3H8O6S2.Li.H/c1-3-8-11(6,7)9-10(2,4)5;;/h3H2,1-2H3;;. The van der Waals surface area contributed by atoms with Crippen LogP contribution < -0.4 is 0 Å². The maximum absolute atomic E-state index is 10.4. The van der Waals surface area contributed by atoms with Gasteiger partial charge >= 0.3 is 29.3 Å². The van der Waals surface area contributed by atoms with Crippen molar-refractivity contribution in [2.45, 2.75) is 6.92 Å². The molecule has 0 amide bonds. The summed E-state index contributed by atoms with van der Waals surface area (Å²) < 4.78 is 48.9. The molecule has 0 fully saturated rings. The van der Waals surface area contributed by atoms with Gasteiger partial charge in [0.05, 0.1) is 12.9 Å². The summed E-state index contributed by atoms with van der Waals surface area (Å²) in [7, 11) is -8.39. The molecule has 0 aromatic heterocycles. The Bertz CT molecular complexity index is 302. The molecule has 0 aromatic rings. The fourth-order valence-corrected chi connectivity index (χ4v) is 1.97. The summed E-state index contributed by atoms with van der Waals surface area (Å²) in [4.78, 5) is 0. The summed E-state index contributed by atoms with van der Waals surface area (Å²) in [6.45, 7) is 1.22. The van der Waals surface area contributed by atoms with Crippen LogP contribution in [0.3, 0.4) is 0 Å². The molecule has 0 bridgehead atoms. The van der Waals surface area contributed by atoms with E-state index in [0.717, 1.165) is 0 Å². The average molecular weight is 212 g/mol. The first kappa shape index (κ1) is 14.9. The molecule has 12 heavy (non-hydrogen) atoms. The van der Waals surface area contributed by atoms with Gasteiger partial charge in [-0.3, -0.25) is 0 Å². The van der Waals surface area contributed by atoms with Crippen LogP contribution in [0.1, 0.15) is 6.92 Å². The molecule has 0 aromatic carbocycles. The van der Waals surface area contributed by atoms with Gasteiger partial charge in [0.15, 0.2) is 0 Å². The Kier molecular flexibility index (Phi) is 6.48. The molecule has 0 radical (unpaired) electrons. The third-order valence-corrected chi connectivity index (χ3v) is 2.65. The summed E-state index contributed by atoms with van der Waals surface area (Å²) >= 11 is 0. The van der Waals surface area contributed by atoms with E-state index >= 15 is 0 Å². The monoisotopic (exact) mass is 212 g/mol. The number of rotatable bonds is 4. The zero-order chi connectivity index (χ0) is 9.12. The van der Waals surface area contributed by atoms with Crippen molar-refractivity contribution in [3.8, 4) is 0 Å². The van der Waals surface area contributed by atoms with Crippen LogP contribution in [0.5, 0.6) is 0 Å². The fraction of sp³-hybridized carbons (Fsp3) is 1.00. The molecule has 0 rings (SSSR count). The molecule has 0 aliphatic rings. The van der Waals surface area contributed by atoms with E-state index in [1.54, 1.807) is 0 Å². The van der Waals surface area contributed by atoms with Gasteiger partial charge in [0.1, 0.15) is 0 Å². The van der Waals surface area contributed by atoms with Gasteiger partial charge in [-0.05, 0) is 6.92 Å². The number of hydrogen-bond acceptors (Lipinski definition) is 6. The van der Waals surface area contributed by atoms with Gasteiger partial charge in [-0.15, -0.1) is 3.63 Å². The van der Waals surface area contributed by atoms with E-state index in [2.05, 4.69) is 7.81 Å². The Labute approximate surface area is 83.9 Å². The van der Waals surface area contributed by atoms with E-state index in [9.17, 15) is 16.8 Å². The van der Waals surface area contributed by atoms with Crippen LogP contribution in [0.25, 0.3) is 0 Å². The Balaban J connectivity index is 0. The van der Waals surface area contributed by atoms with Crippen LogP contribution in [0.15, 0.2) is 0 Å². The van der Waals surface area contributed by atoms with Gasteiger partial charge in [0.2, 0.25) is 0 Å². The van der Waals surface area contributed by atoms with E-state index in [1.807, 2.05) is 0 Å². The molecule has 0 spiro atoms. The normalized spacial score (nSPS) is 12.2. The van der Waals surface area contributed by atoms with Crippen molar-refractivity contribution in [1.29, 1.82) is 0 Å². The van der Waals surface area contributed by atoms with Crippen molar-refractivity contribution in [3.63, 3.8) is 0 Å². The van der Waals surface area contributed by atoms with Crippen LogP contribution >= 0.6 is 0 Å². The van der Waals surface area contributed by atoms with Gasteiger partial charge < -0.3 is 0 Å². The zero-order valence-electron chi connectivity index (χ0n) is 5.97. The predicted octanol–water partition coefficient (Wildman–Crippen LogP) is -1.40. The molecule has 6 nitrogen and oxygen atoms in total. The van der Waals surface area contributed by atoms with Crippen molar-refractivity contribution in [3.05, 3.63) is 0 Å². The molecule has 0 aliphatic heterocycles. The van der Waals surface area contributed by atoms with Crippen molar-refractivity contribution < 1.29 is 24.6 Å². The van der Waals surface area contributed by atoms with Crippen LogP contribution in [0.4, 0.5) is 0 Å². The average Bonchev–Trinajstić information content (AvgIpc) is 1.55. The molecular formula is C3H9LiO6S2. The quantitative estimate of drug-likeness (QED) is 0.532. The van der Waals surface area contributed by atoms with E-state index in [1.165, 1.54) is 6.92 Å². The first-order valence-electron chi connectivity index (χ1n) is 2.57. The Morgan fingerprint density at radius 1 is 1.17 bits per heavy atom. The topological polar surface area (TPSA) is 86.7 Å². The van der Waals surface area contributed by atoms with Crippen LogP contribution in [0.2, 0.25) is 0 Å². The second-order valence-electron chi connectivity index (χ2n) is 1.59. The number of hydrogen-bond donors (Lipinski definition) is 0. The van der Waals surface area contributed by atoms with E-state index < -0.39 is 20.5 Å². The second-order valence-corrected chi connectivity index (χ2v) is 4.59. The predicted molar refractivity (Wildman–Crippen MR) is 43.6 cm³/mol. The van der Waals surface area contributed by atoms with Crippen LogP contribution in [-0.2, 0) is 28.3 Å². The second kappa shape index (κ2) is 5.21. The summed E-state index contributed by atoms with van der Waals surface area (Å²) in [5.41, 5.74) is 0. The van der Waals surface area contributed by atoms with E-state index in [0.29, 0.717) is 6.26 Å². The van der Waals surface area contributed by atoms with Crippen molar-refractivity contribution in [1.82, 2.24) is 0 Å². The minimum atomic E-state index is -4.38. The Morgan fingerprint density at radius 2 is 1.58 bits per heavy atom. The molecule has 0 aliphatic carbocycles. The summed E-state index contributed by atoms with van der Waals surface area (Å²) in [5.74, 6) is 0. The fourth-order valence-electron chi connectivity index (χ4n) is 0.315. The minimum absolute atomic E-state index is 0.